The average Bonchev–Trinajstić information content (AvgIpc) is 2.67. The van der Waals surface area contributed by atoms with Gasteiger partial charge in [-0.15, -0.1) is 0 Å². The van der Waals surface area contributed by atoms with E-state index in [2.05, 4.69) is 14.2 Å². The van der Waals surface area contributed by atoms with E-state index in [1.54, 1.807) is 18.2 Å². The molecule has 0 aliphatic carbocycles. The van der Waals surface area contributed by atoms with Crippen molar-refractivity contribution in [2.24, 2.45) is 5.73 Å². The van der Waals surface area contributed by atoms with E-state index in [0.29, 0.717) is 0 Å². The molecule has 2 aromatic rings. The number of methoxy groups -OCH3 is 1. The van der Waals surface area contributed by atoms with E-state index in [1.165, 1.54) is 43.5 Å². The number of benzene rings is 2. The standard InChI is InChI=1S/C18H18N2O7S/c1-26-17(22)12-7-9-13(10-8-12)18(23)27-16(21)11-15(19)20-28(24,25)14-5-3-2-4-6-14/h2-10,15,20H,11,19H2,1H3/t15-/m0/s1. The van der Waals surface area contributed by atoms with Crippen LogP contribution < -0.4 is 10.5 Å². The Morgan fingerprint density at radius 3 is 2.04 bits per heavy atom. The van der Waals surface area contributed by atoms with Crippen LogP contribution in [0.2, 0.25) is 0 Å². The van der Waals surface area contributed by atoms with Gasteiger partial charge in [-0.2, -0.15) is 4.72 Å². The lowest BCUT2D eigenvalue weighted by Crippen LogP contribution is -2.43. The van der Waals surface area contributed by atoms with Crippen molar-refractivity contribution >= 4 is 27.9 Å². The number of sulfonamides is 1. The molecular formula is C18H18N2O7S. The Bertz CT molecular complexity index is 957. The summed E-state index contributed by atoms with van der Waals surface area (Å²) in [6, 6.07) is 12.7. The predicted molar refractivity (Wildman–Crippen MR) is 97.6 cm³/mol. The Morgan fingerprint density at radius 2 is 1.50 bits per heavy atom. The fraction of sp³-hybridized carbons (Fsp3) is 0.167. The maximum Gasteiger partial charge on any atom is 0.345 e. The fourth-order valence-electron chi connectivity index (χ4n) is 2.15. The SMILES string of the molecule is COC(=O)c1ccc(C(=O)OC(=O)C[C@@H](N)NS(=O)(=O)c2ccccc2)cc1. The smallest absolute Gasteiger partial charge is 0.345 e. The summed E-state index contributed by atoms with van der Waals surface area (Å²) in [6.45, 7) is 0. The summed E-state index contributed by atoms with van der Waals surface area (Å²) >= 11 is 0. The van der Waals surface area contributed by atoms with Gasteiger partial charge in [0, 0.05) is 0 Å². The summed E-state index contributed by atoms with van der Waals surface area (Å²) in [5.41, 5.74) is 5.88. The first-order chi connectivity index (χ1) is 13.2. The van der Waals surface area contributed by atoms with Gasteiger partial charge in [0.15, 0.2) is 0 Å². The highest BCUT2D eigenvalue weighted by Crippen LogP contribution is 2.10. The molecule has 0 aromatic heterocycles. The molecule has 0 fully saturated rings. The van der Waals surface area contributed by atoms with Crippen LogP contribution in [0.1, 0.15) is 27.1 Å². The van der Waals surface area contributed by atoms with E-state index >= 15 is 0 Å². The number of esters is 3. The normalized spacial score (nSPS) is 12.1. The molecule has 148 valence electrons. The molecule has 0 aliphatic heterocycles. The van der Waals surface area contributed by atoms with Gasteiger partial charge < -0.3 is 15.2 Å². The van der Waals surface area contributed by atoms with Gasteiger partial charge >= 0.3 is 17.9 Å². The topological polar surface area (TPSA) is 142 Å². The summed E-state index contributed by atoms with van der Waals surface area (Å²) in [4.78, 5) is 35.1. The van der Waals surface area contributed by atoms with Gasteiger partial charge in [-0.25, -0.2) is 18.0 Å². The van der Waals surface area contributed by atoms with Gasteiger partial charge in [-0.3, -0.25) is 4.79 Å². The Morgan fingerprint density at radius 1 is 0.964 bits per heavy atom. The molecule has 0 saturated heterocycles. The van der Waals surface area contributed by atoms with Crippen molar-refractivity contribution < 1.29 is 32.3 Å². The third-order valence-corrected chi connectivity index (χ3v) is 5.00. The highest BCUT2D eigenvalue weighted by Gasteiger charge is 2.22. The number of ether oxygens (including phenoxy) is 2. The van der Waals surface area contributed by atoms with E-state index in [0.717, 1.165) is 0 Å². The number of carbonyl (C=O) groups excluding carboxylic acids is 3. The molecule has 0 spiro atoms. The van der Waals surface area contributed by atoms with Crippen molar-refractivity contribution in [3.05, 3.63) is 65.7 Å². The molecule has 0 bridgehead atoms. The third kappa shape index (κ3) is 5.71. The highest BCUT2D eigenvalue weighted by molar-refractivity contribution is 7.89. The molecule has 9 nitrogen and oxygen atoms in total. The Kier molecular flexibility index (Phi) is 6.99. The van der Waals surface area contributed by atoms with E-state index in [4.69, 9.17) is 5.73 Å². The number of hydrogen-bond acceptors (Lipinski definition) is 8. The molecular weight excluding hydrogens is 388 g/mol. The second kappa shape index (κ2) is 9.22. The lowest BCUT2D eigenvalue weighted by atomic mass is 10.1. The number of nitrogens with one attached hydrogen (secondary N) is 1. The molecule has 10 heteroatoms. The Labute approximate surface area is 161 Å². The summed E-state index contributed by atoms with van der Waals surface area (Å²) in [7, 11) is -2.69. The third-order valence-electron chi connectivity index (χ3n) is 3.49. The fourth-order valence-corrected chi connectivity index (χ4v) is 3.29. The van der Waals surface area contributed by atoms with Gasteiger partial charge in [0.1, 0.15) is 0 Å². The monoisotopic (exact) mass is 406 g/mol. The van der Waals surface area contributed by atoms with Crippen LogP contribution in [0.15, 0.2) is 59.5 Å². The largest absolute Gasteiger partial charge is 0.465 e. The van der Waals surface area contributed by atoms with Crippen molar-refractivity contribution in [1.82, 2.24) is 4.72 Å². The van der Waals surface area contributed by atoms with Crippen LogP contribution in [0.3, 0.4) is 0 Å². The van der Waals surface area contributed by atoms with E-state index in [9.17, 15) is 22.8 Å². The zero-order valence-corrected chi connectivity index (χ0v) is 15.6. The molecule has 3 N–H and O–H groups in total. The lowest BCUT2D eigenvalue weighted by Gasteiger charge is -2.13. The maximum atomic E-state index is 12.1. The van der Waals surface area contributed by atoms with E-state index in [1.807, 2.05) is 0 Å². The molecule has 0 unspecified atom stereocenters. The number of carbonyl (C=O) groups is 3. The zero-order chi connectivity index (χ0) is 20.7. The Balaban J connectivity index is 1.92. The molecule has 2 aromatic carbocycles. The van der Waals surface area contributed by atoms with Crippen LogP contribution in [-0.2, 0) is 24.3 Å². The van der Waals surface area contributed by atoms with E-state index in [-0.39, 0.29) is 16.0 Å². The van der Waals surface area contributed by atoms with E-state index < -0.39 is 40.5 Å². The van der Waals surface area contributed by atoms with Crippen LogP contribution in [0.25, 0.3) is 0 Å². The van der Waals surface area contributed by atoms with Crippen LogP contribution in [-0.4, -0.2) is 39.6 Å². The first kappa shape index (κ1) is 21.2. The number of hydrogen-bond donors (Lipinski definition) is 2. The number of nitrogens with two attached hydrogens (primary N) is 1. The van der Waals surface area contributed by atoms with Crippen LogP contribution in [0.5, 0.6) is 0 Å². The summed E-state index contributed by atoms with van der Waals surface area (Å²) < 4.78 is 35.6. The van der Waals surface area contributed by atoms with Gasteiger partial charge in [0.05, 0.1) is 35.7 Å². The van der Waals surface area contributed by atoms with Gasteiger partial charge in [0.25, 0.3) is 0 Å². The first-order valence-electron chi connectivity index (χ1n) is 7.99. The second-order valence-corrected chi connectivity index (χ2v) is 7.29. The van der Waals surface area contributed by atoms with Crippen LogP contribution in [0, 0.1) is 0 Å². The molecule has 0 aliphatic rings. The highest BCUT2D eigenvalue weighted by atomic mass is 32.2. The average molecular weight is 406 g/mol. The molecule has 0 amide bonds. The zero-order valence-electron chi connectivity index (χ0n) is 14.8. The molecule has 0 radical (unpaired) electrons. The molecule has 0 saturated carbocycles. The van der Waals surface area contributed by atoms with Crippen molar-refractivity contribution in [2.45, 2.75) is 17.5 Å². The van der Waals surface area contributed by atoms with Gasteiger partial charge in [0.2, 0.25) is 10.0 Å². The minimum atomic E-state index is -3.91. The van der Waals surface area contributed by atoms with Crippen molar-refractivity contribution in [2.75, 3.05) is 7.11 Å². The molecule has 0 heterocycles. The molecule has 1 atom stereocenters. The molecule has 28 heavy (non-hydrogen) atoms. The van der Waals surface area contributed by atoms with Crippen molar-refractivity contribution in [3.8, 4) is 0 Å². The maximum absolute atomic E-state index is 12.1. The van der Waals surface area contributed by atoms with Crippen molar-refractivity contribution in [3.63, 3.8) is 0 Å². The number of rotatable bonds is 7. The van der Waals surface area contributed by atoms with Gasteiger partial charge in [-0.05, 0) is 36.4 Å². The van der Waals surface area contributed by atoms with Crippen LogP contribution in [0.4, 0.5) is 0 Å². The predicted octanol–water partition coefficient (Wildman–Crippen LogP) is 0.810. The first-order valence-corrected chi connectivity index (χ1v) is 9.47. The minimum absolute atomic E-state index is 0.0133. The van der Waals surface area contributed by atoms with Crippen LogP contribution >= 0.6 is 0 Å². The minimum Gasteiger partial charge on any atom is -0.465 e. The second-order valence-electron chi connectivity index (χ2n) is 5.58. The molecule has 2 rings (SSSR count). The summed E-state index contributed by atoms with van der Waals surface area (Å²) in [5.74, 6) is -2.54. The lowest BCUT2D eigenvalue weighted by molar-refractivity contribution is -0.138. The summed E-state index contributed by atoms with van der Waals surface area (Å²) in [5, 5.41) is 0. The summed E-state index contributed by atoms with van der Waals surface area (Å²) in [6.07, 6.45) is -1.84. The Hall–Kier alpha value is -3.08. The quantitative estimate of drug-likeness (QED) is 0.391. The van der Waals surface area contributed by atoms with Crippen molar-refractivity contribution in [1.29, 1.82) is 0 Å². The van der Waals surface area contributed by atoms with Gasteiger partial charge in [-0.1, -0.05) is 18.2 Å².